The Balaban J connectivity index is 2.88. The summed E-state index contributed by atoms with van der Waals surface area (Å²) in [5.74, 6) is 0. The van der Waals surface area contributed by atoms with Gasteiger partial charge in [0.25, 0.3) is 0 Å². The lowest BCUT2D eigenvalue weighted by Gasteiger charge is -1.93. The van der Waals surface area contributed by atoms with Gasteiger partial charge in [-0.3, -0.25) is 0 Å². The lowest BCUT2D eigenvalue weighted by molar-refractivity contribution is 1.32. The molecule has 0 saturated heterocycles. The Morgan fingerprint density at radius 1 is 1.25 bits per heavy atom. The fourth-order valence-electron chi connectivity index (χ4n) is 0.729. The Morgan fingerprint density at radius 2 is 1.88 bits per heavy atom. The lowest BCUT2D eigenvalue weighted by Crippen LogP contribution is -1.73. The maximum Gasteiger partial charge on any atom is 0.0381 e. The van der Waals surface area contributed by atoms with Crippen molar-refractivity contribution in [3.63, 3.8) is 0 Å². The Kier molecular flexibility index (Phi) is 1.24. The van der Waals surface area contributed by atoms with Crippen molar-refractivity contribution in [2.75, 3.05) is 0 Å². The van der Waals surface area contributed by atoms with Crippen molar-refractivity contribution in [3.05, 3.63) is 29.2 Å². The Labute approximate surface area is 50.9 Å². The molecular formula is C8H10. The SMILES string of the molecule is CC1=C[C]C(C)=C1C. The monoisotopic (exact) mass is 106 g/mol. The minimum Gasteiger partial charge on any atom is -0.0686 e. The average Bonchev–Trinajstić information content (AvgIpc) is 1.98. The van der Waals surface area contributed by atoms with Crippen LogP contribution in [0.15, 0.2) is 22.8 Å². The summed E-state index contributed by atoms with van der Waals surface area (Å²) in [6.45, 7) is 6.32. The van der Waals surface area contributed by atoms with Crippen LogP contribution in [0.1, 0.15) is 20.8 Å². The van der Waals surface area contributed by atoms with Gasteiger partial charge in [0.1, 0.15) is 0 Å². The zero-order chi connectivity index (χ0) is 6.15. The van der Waals surface area contributed by atoms with Gasteiger partial charge in [-0.05, 0) is 26.3 Å². The fourth-order valence-corrected chi connectivity index (χ4v) is 0.729. The molecule has 0 unspecified atom stereocenters. The highest BCUT2D eigenvalue weighted by Crippen LogP contribution is 2.23. The van der Waals surface area contributed by atoms with Crippen LogP contribution in [0.4, 0.5) is 0 Å². The standard InChI is InChI=1S/C8H10/c1-6-4-5-7(2)8(6)3/h4H,1-3H3. The Hall–Kier alpha value is -0.520. The predicted molar refractivity (Wildman–Crippen MR) is 35.4 cm³/mol. The number of hydrogen-bond acceptors (Lipinski definition) is 0. The van der Waals surface area contributed by atoms with Crippen LogP contribution < -0.4 is 0 Å². The van der Waals surface area contributed by atoms with Crippen molar-refractivity contribution in [1.29, 1.82) is 0 Å². The summed E-state index contributed by atoms with van der Waals surface area (Å²) < 4.78 is 0. The van der Waals surface area contributed by atoms with E-state index in [2.05, 4.69) is 27.2 Å². The predicted octanol–water partition coefficient (Wildman–Crippen LogP) is 2.36. The van der Waals surface area contributed by atoms with Crippen LogP contribution in [0.3, 0.4) is 0 Å². The first-order valence-electron chi connectivity index (χ1n) is 2.83. The number of rotatable bonds is 0. The maximum atomic E-state index is 3.14. The second-order valence-electron chi connectivity index (χ2n) is 2.22. The summed E-state index contributed by atoms with van der Waals surface area (Å²) in [6.07, 6.45) is 5.17. The fraction of sp³-hybridized carbons (Fsp3) is 0.375. The smallest absolute Gasteiger partial charge is 0.0381 e. The van der Waals surface area contributed by atoms with Gasteiger partial charge in [0.05, 0.1) is 0 Å². The number of allylic oxidation sites excluding steroid dienone is 4. The van der Waals surface area contributed by atoms with E-state index < -0.39 is 0 Å². The van der Waals surface area contributed by atoms with E-state index >= 15 is 0 Å². The molecule has 2 radical (unpaired) electrons. The first kappa shape index (κ1) is 5.61. The van der Waals surface area contributed by atoms with E-state index in [1.807, 2.05) is 6.08 Å². The van der Waals surface area contributed by atoms with Gasteiger partial charge in [0, 0.05) is 6.42 Å². The van der Waals surface area contributed by atoms with Crippen LogP contribution in [0.25, 0.3) is 0 Å². The van der Waals surface area contributed by atoms with Gasteiger partial charge in [-0.1, -0.05) is 17.2 Å². The molecule has 0 aromatic heterocycles. The molecule has 0 heterocycles. The molecule has 0 heteroatoms. The molecule has 0 fully saturated rings. The molecule has 0 aliphatic heterocycles. The molecular weight excluding hydrogens is 96.1 g/mol. The normalized spacial score (nSPS) is 19.6. The van der Waals surface area contributed by atoms with Crippen LogP contribution in [0.2, 0.25) is 0 Å². The topological polar surface area (TPSA) is 0 Å². The van der Waals surface area contributed by atoms with Crippen molar-refractivity contribution in [2.24, 2.45) is 0 Å². The van der Waals surface area contributed by atoms with Gasteiger partial charge in [0.2, 0.25) is 0 Å². The van der Waals surface area contributed by atoms with Crippen LogP contribution in [0.5, 0.6) is 0 Å². The van der Waals surface area contributed by atoms with Gasteiger partial charge >= 0.3 is 0 Å². The first-order valence-corrected chi connectivity index (χ1v) is 2.83. The van der Waals surface area contributed by atoms with Gasteiger partial charge in [-0.25, -0.2) is 0 Å². The van der Waals surface area contributed by atoms with E-state index in [-0.39, 0.29) is 0 Å². The van der Waals surface area contributed by atoms with Crippen LogP contribution in [-0.4, -0.2) is 0 Å². The molecule has 1 rings (SSSR count). The number of hydrogen-bond donors (Lipinski definition) is 0. The highest BCUT2D eigenvalue weighted by molar-refractivity contribution is 5.45. The van der Waals surface area contributed by atoms with Crippen LogP contribution in [-0.2, 0) is 0 Å². The van der Waals surface area contributed by atoms with Crippen molar-refractivity contribution < 1.29 is 0 Å². The summed E-state index contributed by atoms with van der Waals surface area (Å²) in [7, 11) is 0. The molecule has 0 atom stereocenters. The summed E-state index contributed by atoms with van der Waals surface area (Å²) in [4.78, 5) is 0. The van der Waals surface area contributed by atoms with E-state index in [4.69, 9.17) is 0 Å². The molecule has 0 saturated carbocycles. The lowest BCUT2D eigenvalue weighted by atomic mass is 10.1. The maximum absolute atomic E-state index is 3.14. The van der Waals surface area contributed by atoms with Crippen molar-refractivity contribution in [3.8, 4) is 0 Å². The van der Waals surface area contributed by atoms with Gasteiger partial charge in [-0.15, -0.1) is 0 Å². The molecule has 0 amide bonds. The highest BCUT2D eigenvalue weighted by atomic mass is 14.1. The van der Waals surface area contributed by atoms with Gasteiger partial charge in [0.15, 0.2) is 0 Å². The molecule has 42 valence electrons. The van der Waals surface area contributed by atoms with Crippen molar-refractivity contribution in [1.82, 2.24) is 0 Å². The second-order valence-corrected chi connectivity index (χ2v) is 2.22. The second kappa shape index (κ2) is 1.77. The molecule has 8 heavy (non-hydrogen) atoms. The average molecular weight is 106 g/mol. The zero-order valence-electron chi connectivity index (χ0n) is 5.58. The summed E-state index contributed by atoms with van der Waals surface area (Å²) in [6, 6.07) is 0. The molecule has 0 aromatic carbocycles. The van der Waals surface area contributed by atoms with Crippen molar-refractivity contribution >= 4 is 0 Å². The Morgan fingerprint density at radius 3 is 2.00 bits per heavy atom. The van der Waals surface area contributed by atoms with Gasteiger partial charge in [-0.2, -0.15) is 0 Å². The molecule has 0 spiro atoms. The molecule has 0 aromatic rings. The van der Waals surface area contributed by atoms with E-state index in [0.29, 0.717) is 0 Å². The van der Waals surface area contributed by atoms with Crippen LogP contribution >= 0.6 is 0 Å². The van der Waals surface area contributed by atoms with E-state index in [9.17, 15) is 0 Å². The molecule has 1 aliphatic rings. The third-order valence-corrected chi connectivity index (χ3v) is 1.66. The minimum absolute atomic E-state index is 1.28. The molecule has 0 N–H and O–H groups in total. The Bertz CT molecular complexity index is 153. The summed E-state index contributed by atoms with van der Waals surface area (Å²) >= 11 is 0. The summed E-state index contributed by atoms with van der Waals surface area (Å²) in [5, 5.41) is 0. The van der Waals surface area contributed by atoms with Crippen LogP contribution in [0, 0.1) is 6.42 Å². The quantitative estimate of drug-likeness (QED) is 0.444. The minimum atomic E-state index is 1.28. The van der Waals surface area contributed by atoms with E-state index in [1.54, 1.807) is 0 Å². The van der Waals surface area contributed by atoms with Crippen molar-refractivity contribution in [2.45, 2.75) is 20.8 Å². The third-order valence-electron chi connectivity index (χ3n) is 1.66. The highest BCUT2D eigenvalue weighted by Gasteiger charge is 2.04. The first-order chi connectivity index (χ1) is 3.72. The zero-order valence-corrected chi connectivity index (χ0v) is 5.58. The summed E-state index contributed by atoms with van der Waals surface area (Å²) in [5.41, 5.74) is 4.01. The van der Waals surface area contributed by atoms with E-state index in [0.717, 1.165) is 0 Å². The molecule has 1 aliphatic carbocycles. The largest absolute Gasteiger partial charge is 0.0686 e. The molecule has 0 nitrogen and oxygen atoms in total. The molecule has 0 bridgehead atoms. The third kappa shape index (κ3) is 0.706. The van der Waals surface area contributed by atoms with Gasteiger partial charge < -0.3 is 0 Å². The van der Waals surface area contributed by atoms with E-state index in [1.165, 1.54) is 16.7 Å².